The van der Waals surface area contributed by atoms with Gasteiger partial charge in [0, 0.05) is 34.8 Å². The number of anilines is 2. The molecule has 2 saturated carbocycles. The van der Waals surface area contributed by atoms with E-state index in [4.69, 9.17) is 0 Å². The van der Waals surface area contributed by atoms with E-state index in [9.17, 15) is 14.4 Å². The topological polar surface area (TPSA) is 73.5 Å². The van der Waals surface area contributed by atoms with Gasteiger partial charge >= 0.3 is 4.87 Å². The molecule has 3 heterocycles. The number of H-pyrrole nitrogens is 1. The summed E-state index contributed by atoms with van der Waals surface area (Å²) in [6.45, 7) is 8.23. The third-order valence-electron chi connectivity index (χ3n) is 9.40. The lowest BCUT2D eigenvalue weighted by Crippen LogP contribution is -2.42. The van der Waals surface area contributed by atoms with Gasteiger partial charge < -0.3 is 9.88 Å². The molecule has 196 valence electrons. The van der Waals surface area contributed by atoms with E-state index in [0.717, 1.165) is 35.0 Å². The van der Waals surface area contributed by atoms with Crippen molar-refractivity contribution in [2.45, 2.75) is 43.4 Å². The fourth-order valence-corrected chi connectivity index (χ4v) is 10.7. The molecule has 38 heavy (non-hydrogen) atoms. The molecule has 7 atom stereocenters. The minimum absolute atomic E-state index is 0.0301. The SMILES string of the molecule is CCN(CC)c1ccc([C@@H]2c3sc(=O)[nH]c3S[C@@H]3[C@@H]4C[C@@H]([C@@H]5C(=O)N(c6ccc(C)cc6)C(=O)[C@@H]45)[C@@H]23)cc1. The molecule has 2 amide bonds. The summed E-state index contributed by atoms with van der Waals surface area (Å²) in [6.07, 6.45) is 0.907. The number of amides is 2. The van der Waals surface area contributed by atoms with Crippen molar-refractivity contribution >= 4 is 46.3 Å². The first-order valence-electron chi connectivity index (χ1n) is 13.6. The zero-order chi connectivity index (χ0) is 26.3. The van der Waals surface area contributed by atoms with E-state index >= 15 is 0 Å². The zero-order valence-corrected chi connectivity index (χ0v) is 23.4. The van der Waals surface area contributed by atoms with Crippen LogP contribution in [0.3, 0.4) is 0 Å². The molecule has 1 N–H and O–H groups in total. The summed E-state index contributed by atoms with van der Waals surface area (Å²) in [4.78, 5) is 48.1. The monoisotopic (exact) mass is 545 g/mol. The summed E-state index contributed by atoms with van der Waals surface area (Å²) in [7, 11) is 0. The van der Waals surface area contributed by atoms with E-state index in [0.29, 0.717) is 5.69 Å². The van der Waals surface area contributed by atoms with Crippen LogP contribution in [0.2, 0.25) is 0 Å². The van der Waals surface area contributed by atoms with Crippen LogP contribution in [0.4, 0.5) is 11.4 Å². The fourth-order valence-electron chi connectivity index (χ4n) is 7.82. The van der Waals surface area contributed by atoms with Gasteiger partial charge in [-0.1, -0.05) is 41.2 Å². The molecule has 2 bridgehead atoms. The molecule has 0 unspecified atom stereocenters. The van der Waals surface area contributed by atoms with E-state index in [-0.39, 0.29) is 57.4 Å². The van der Waals surface area contributed by atoms with Crippen molar-refractivity contribution in [3.63, 3.8) is 0 Å². The summed E-state index contributed by atoms with van der Waals surface area (Å²) >= 11 is 3.05. The Kier molecular flexibility index (Phi) is 5.64. The maximum atomic E-state index is 13.9. The second-order valence-electron chi connectivity index (χ2n) is 11.1. The molecule has 3 aromatic rings. The maximum absolute atomic E-state index is 13.9. The van der Waals surface area contributed by atoms with Crippen molar-refractivity contribution in [1.29, 1.82) is 0 Å². The molecule has 2 aliphatic carbocycles. The number of hydrogen-bond acceptors (Lipinski definition) is 6. The molecule has 1 aromatic heterocycles. The van der Waals surface area contributed by atoms with Gasteiger partial charge in [-0.3, -0.25) is 19.3 Å². The molecule has 0 spiro atoms. The van der Waals surface area contributed by atoms with Crippen LogP contribution >= 0.6 is 23.1 Å². The quantitative estimate of drug-likeness (QED) is 0.443. The standard InChI is InChI=1S/C30H31N3O3S2/c1-4-32(5-2)17-12-8-16(9-13-17)21-22-19-14-20(25(22)37-27-26(21)38-30(36)31-27)24-23(19)28(34)33(29(24)35)18-10-6-15(3)7-11-18/h6-13,19-25H,4-5,14H2,1-3H3,(H,31,36)/t19-,20-,21+,22+,23+,24+,25-/m1/s1. The second kappa shape index (κ2) is 8.85. The van der Waals surface area contributed by atoms with Crippen molar-refractivity contribution < 1.29 is 9.59 Å². The van der Waals surface area contributed by atoms with Crippen LogP contribution in [0.1, 0.15) is 42.2 Å². The van der Waals surface area contributed by atoms with Gasteiger partial charge in [-0.05, 0) is 74.8 Å². The molecule has 4 aliphatic rings. The van der Waals surface area contributed by atoms with Crippen LogP contribution in [-0.4, -0.2) is 35.1 Å². The van der Waals surface area contributed by atoms with Crippen LogP contribution in [0.25, 0.3) is 0 Å². The van der Waals surface area contributed by atoms with Crippen LogP contribution in [0.5, 0.6) is 0 Å². The highest BCUT2D eigenvalue weighted by atomic mass is 32.2. The predicted molar refractivity (Wildman–Crippen MR) is 152 cm³/mol. The number of thioether (sulfide) groups is 1. The molecule has 2 aliphatic heterocycles. The Morgan fingerprint density at radius 1 is 0.921 bits per heavy atom. The highest BCUT2D eigenvalue weighted by Gasteiger charge is 2.69. The number of rotatable bonds is 5. The molecule has 3 fully saturated rings. The number of carbonyl (C=O) groups is 2. The summed E-state index contributed by atoms with van der Waals surface area (Å²) in [5.41, 5.74) is 4.18. The highest BCUT2D eigenvalue weighted by Crippen LogP contribution is 2.68. The van der Waals surface area contributed by atoms with Crippen molar-refractivity contribution in [2.75, 3.05) is 22.9 Å². The van der Waals surface area contributed by atoms with Gasteiger partial charge in [0.25, 0.3) is 0 Å². The number of hydrogen-bond donors (Lipinski definition) is 1. The van der Waals surface area contributed by atoms with Gasteiger partial charge in [-0.15, -0.1) is 11.8 Å². The smallest absolute Gasteiger partial charge is 0.305 e. The minimum Gasteiger partial charge on any atom is -0.372 e. The van der Waals surface area contributed by atoms with E-state index in [1.165, 1.54) is 27.5 Å². The Morgan fingerprint density at radius 3 is 2.24 bits per heavy atom. The highest BCUT2D eigenvalue weighted by molar-refractivity contribution is 8.00. The minimum atomic E-state index is -0.273. The third kappa shape index (κ3) is 3.35. The summed E-state index contributed by atoms with van der Waals surface area (Å²) in [5.74, 6) is -0.0698. The average Bonchev–Trinajstić information content (AvgIpc) is 3.65. The Balaban J connectivity index is 1.28. The number of fused-ring (bicyclic) bond motifs is 9. The van der Waals surface area contributed by atoms with Crippen LogP contribution in [0, 0.1) is 36.5 Å². The van der Waals surface area contributed by atoms with Crippen molar-refractivity contribution in [3.05, 3.63) is 74.2 Å². The lowest BCUT2D eigenvalue weighted by Gasteiger charge is -2.43. The lowest BCUT2D eigenvalue weighted by molar-refractivity contribution is -0.123. The Morgan fingerprint density at radius 2 is 1.58 bits per heavy atom. The van der Waals surface area contributed by atoms with Gasteiger partial charge in [-0.2, -0.15) is 0 Å². The van der Waals surface area contributed by atoms with Gasteiger partial charge in [0.05, 0.1) is 22.5 Å². The van der Waals surface area contributed by atoms with Gasteiger partial charge in [0.15, 0.2) is 0 Å². The molecule has 0 radical (unpaired) electrons. The number of thiazole rings is 1. The number of carbonyl (C=O) groups excluding carboxylic acids is 2. The van der Waals surface area contributed by atoms with Crippen LogP contribution in [0.15, 0.2) is 58.4 Å². The Labute approximate surface area is 230 Å². The second-order valence-corrected chi connectivity index (χ2v) is 13.3. The number of aromatic nitrogens is 1. The zero-order valence-electron chi connectivity index (χ0n) is 21.7. The van der Waals surface area contributed by atoms with E-state index in [1.54, 1.807) is 11.8 Å². The first-order valence-corrected chi connectivity index (χ1v) is 15.3. The lowest BCUT2D eigenvalue weighted by atomic mass is 9.68. The molecular weight excluding hydrogens is 514 g/mol. The van der Waals surface area contributed by atoms with Gasteiger partial charge in [0.2, 0.25) is 11.8 Å². The molecule has 8 heteroatoms. The summed E-state index contributed by atoms with van der Waals surface area (Å²) in [5, 5.41) is 1.16. The molecule has 1 saturated heterocycles. The molecule has 2 aromatic carbocycles. The number of nitrogens with one attached hydrogen (secondary N) is 1. The van der Waals surface area contributed by atoms with E-state index in [2.05, 4.69) is 48.0 Å². The molecule has 6 nitrogen and oxygen atoms in total. The third-order valence-corrected chi connectivity index (χ3v) is 12.0. The molecular formula is C30H31N3O3S2. The predicted octanol–water partition coefficient (Wildman–Crippen LogP) is 5.27. The van der Waals surface area contributed by atoms with E-state index in [1.807, 2.05) is 31.2 Å². The van der Waals surface area contributed by atoms with E-state index < -0.39 is 0 Å². The first kappa shape index (κ1) is 24.2. The normalized spacial score (nSPS) is 30.9. The Hall–Kier alpha value is -2.84. The number of benzene rings is 2. The number of imide groups is 1. The van der Waals surface area contributed by atoms with Crippen LogP contribution in [-0.2, 0) is 9.59 Å². The van der Waals surface area contributed by atoms with Crippen molar-refractivity contribution in [3.8, 4) is 0 Å². The summed E-state index contributed by atoms with van der Waals surface area (Å²) < 4.78 is 0. The van der Waals surface area contributed by atoms with Gasteiger partial charge in [0.1, 0.15) is 0 Å². The maximum Gasteiger partial charge on any atom is 0.305 e. The average molecular weight is 546 g/mol. The number of nitrogens with zero attached hydrogens (tertiary/aromatic N) is 2. The van der Waals surface area contributed by atoms with Crippen molar-refractivity contribution in [2.24, 2.45) is 29.6 Å². The largest absolute Gasteiger partial charge is 0.372 e. The van der Waals surface area contributed by atoms with Crippen LogP contribution < -0.4 is 14.7 Å². The fraction of sp³-hybridized carbons (Fsp3) is 0.433. The molecule has 7 rings (SSSR count). The first-order chi connectivity index (χ1) is 18.4. The van der Waals surface area contributed by atoms with Crippen molar-refractivity contribution in [1.82, 2.24) is 4.98 Å². The number of aryl methyl sites for hydroxylation is 1. The van der Waals surface area contributed by atoms with Gasteiger partial charge in [-0.25, -0.2) is 0 Å². The summed E-state index contributed by atoms with van der Waals surface area (Å²) in [6, 6.07) is 16.5. The Bertz CT molecular complexity index is 1470. The number of aromatic amines is 1.